The van der Waals surface area contributed by atoms with Crippen LogP contribution >= 0.6 is 0 Å². The Hall–Kier alpha value is -3.82. The molecule has 0 atom stereocenters. The molecule has 9 heteroatoms. The number of hydrogen-bond donors (Lipinski definition) is 2. The van der Waals surface area contributed by atoms with Gasteiger partial charge in [-0.15, -0.1) is 0 Å². The van der Waals surface area contributed by atoms with E-state index in [2.05, 4.69) is 0 Å². The van der Waals surface area contributed by atoms with Crippen LogP contribution < -0.4 is 10.4 Å². The van der Waals surface area contributed by atoms with Crippen molar-refractivity contribution >= 4 is 17.6 Å². The van der Waals surface area contributed by atoms with Gasteiger partial charge in [-0.2, -0.15) is 0 Å². The Balaban J connectivity index is 1.62. The molecule has 0 unspecified atom stereocenters. The van der Waals surface area contributed by atoms with Gasteiger partial charge in [-0.25, -0.2) is 19.1 Å². The van der Waals surface area contributed by atoms with Crippen LogP contribution in [0.2, 0.25) is 0 Å². The number of morpholine rings is 1. The first-order valence-corrected chi connectivity index (χ1v) is 10.7. The molecule has 1 saturated heterocycles. The van der Waals surface area contributed by atoms with E-state index in [0.717, 1.165) is 11.6 Å². The monoisotopic (exact) mass is 467 g/mol. The van der Waals surface area contributed by atoms with Crippen molar-refractivity contribution in [3.05, 3.63) is 89.5 Å². The number of carbonyl (C=O) groups is 2. The average Bonchev–Trinajstić information content (AvgIpc) is 2.87. The minimum atomic E-state index is -0.665. The normalized spacial score (nSPS) is 13.4. The Bertz CT molecular complexity index is 1140. The third kappa shape index (κ3) is 5.38. The molecule has 0 saturated carbocycles. The van der Waals surface area contributed by atoms with E-state index < -0.39 is 17.5 Å². The molecule has 0 aliphatic carbocycles. The smallest absolute Gasteiger partial charge is 0.324 e. The quantitative estimate of drug-likeness (QED) is 0.435. The van der Waals surface area contributed by atoms with Crippen molar-refractivity contribution in [2.24, 2.45) is 0 Å². The summed E-state index contributed by atoms with van der Waals surface area (Å²) < 4.78 is 32.6. The molecule has 176 valence electrons. The van der Waals surface area contributed by atoms with E-state index in [-0.39, 0.29) is 18.1 Å². The molecule has 0 aromatic heterocycles. The highest BCUT2D eigenvalue weighted by Crippen LogP contribution is 2.27. The second-order valence-corrected chi connectivity index (χ2v) is 7.81. The lowest BCUT2D eigenvalue weighted by atomic mass is 10.0. The molecule has 1 heterocycles. The van der Waals surface area contributed by atoms with Crippen molar-refractivity contribution < 1.29 is 28.3 Å². The van der Waals surface area contributed by atoms with E-state index in [1.165, 1.54) is 12.1 Å². The molecule has 1 aliphatic heterocycles. The summed E-state index contributed by atoms with van der Waals surface area (Å²) in [5.74, 6) is -1.96. The van der Waals surface area contributed by atoms with E-state index in [1.54, 1.807) is 63.8 Å². The maximum atomic E-state index is 13.6. The highest BCUT2D eigenvalue weighted by atomic mass is 19.1. The summed E-state index contributed by atoms with van der Waals surface area (Å²) in [6, 6.07) is 16.5. The van der Waals surface area contributed by atoms with Crippen LogP contribution in [0.5, 0.6) is 0 Å². The molecule has 0 spiro atoms. The van der Waals surface area contributed by atoms with Gasteiger partial charge in [0.25, 0.3) is 5.91 Å². The van der Waals surface area contributed by atoms with Gasteiger partial charge in [-0.05, 0) is 53.1 Å². The number of amides is 3. The highest BCUT2D eigenvalue weighted by Gasteiger charge is 2.24. The molecule has 1 aliphatic rings. The maximum Gasteiger partial charge on any atom is 0.324 e. The predicted molar refractivity (Wildman–Crippen MR) is 121 cm³/mol. The number of urea groups is 1. The maximum absolute atomic E-state index is 13.6. The van der Waals surface area contributed by atoms with Gasteiger partial charge in [0.15, 0.2) is 0 Å². The molecule has 0 bridgehead atoms. The molecular formula is C25H23F2N3O4. The summed E-state index contributed by atoms with van der Waals surface area (Å²) in [5.41, 5.74) is 4.25. The number of benzene rings is 3. The van der Waals surface area contributed by atoms with Gasteiger partial charge in [-0.1, -0.05) is 24.3 Å². The number of anilines is 1. The van der Waals surface area contributed by atoms with Crippen LogP contribution in [0, 0.1) is 11.6 Å². The number of nitrogens with zero attached hydrogens (tertiary/aromatic N) is 2. The molecule has 3 aromatic rings. The summed E-state index contributed by atoms with van der Waals surface area (Å²) in [6.45, 7) is 2.06. The minimum Gasteiger partial charge on any atom is -0.378 e. The fourth-order valence-electron chi connectivity index (χ4n) is 3.76. The van der Waals surface area contributed by atoms with Gasteiger partial charge in [-0.3, -0.25) is 14.9 Å². The molecule has 7 nitrogen and oxygen atoms in total. The number of hydrogen-bond acceptors (Lipinski definition) is 4. The van der Waals surface area contributed by atoms with Crippen LogP contribution in [0.4, 0.5) is 19.3 Å². The zero-order valence-electron chi connectivity index (χ0n) is 18.2. The Morgan fingerprint density at radius 1 is 0.912 bits per heavy atom. The van der Waals surface area contributed by atoms with E-state index in [0.29, 0.717) is 43.1 Å². The van der Waals surface area contributed by atoms with Crippen LogP contribution in [0.25, 0.3) is 11.1 Å². The van der Waals surface area contributed by atoms with Crippen molar-refractivity contribution in [3.8, 4) is 11.1 Å². The lowest BCUT2D eigenvalue weighted by Crippen LogP contribution is -2.48. The van der Waals surface area contributed by atoms with E-state index >= 15 is 0 Å². The van der Waals surface area contributed by atoms with Crippen LogP contribution in [0.3, 0.4) is 0 Å². The van der Waals surface area contributed by atoms with Gasteiger partial charge in [0.05, 0.1) is 19.8 Å². The second-order valence-electron chi connectivity index (χ2n) is 7.81. The first-order valence-electron chi connectivity index (χ1n) is 10.7. The fourth-order valence-corrected chi connectivity index (χ4v) is 3.76. The molecule has 4 rings (SSSR count). The number of hydroxylamine groups is 1. The van der Waals surface area contributed by atoms with Gasteiger partial charge in [0, 0.05) is 30.4 Å². The van der Waals surface area contributed by atoms with Crippen LogP contribution in [-0.2, 0) is 11.3 Å². The van der Waals surface area contributed by atoms with Gasteiger partial charge in [0.2, 0.25) is 0 Å². The predicted octanol–water partition coefficient (Wildman–Crippen LogP) is 4.21. The Morgan fingerprint density at radius 2 is 1.53 bits per heavy atom. The van der Waals surface area contributed by atoms with Gasteiger partial charge < -0.3 is 9.64 Å². The minimum absolute atomic E-state index is 0.204. The average molecular weight is 467 g/mol. The van der Waals surface area contributed by atoms with Gasteiger partial charge in [0.1, 0.15) is 11.6 Å². The largest absolute Gasteiger partial charge is 0.378 e. The molecule has 3 aromatic carbocycles. The van der Waals surface area contributed by atoms with Crippen molar-refractivity contribution in [2.75, 3.05) is 31.2 Å². The third-order valence-electron chi connectivity index (χ3n) is 5.55. The zero-order chi connectivity index (χ0) is 24.1. The van der Waals surface area contributed by atoms with Crippen molar-refractivity contribution in [1.29, 1.82) is 0 Å². The van der Waals surface area contributed by atoms with E-state index in [9.17, 15) is 18.4 Å². The van der Waals surface area contributed by atoms with Gasteiger partial charge >= 0.3 is 6.03 Å². The summed E-state index contributed by atoms with van der Waals surface area (Å²) in [4.78, 5) is 28.3. The summed E-state index contributed by atoms with van der Waals surface area (Å²) in [6.07, 6.45) is 0. The number of nitrogens with one attached hydrogen (secondary N) is 1. The number of carbonyl (C=O) groups excluding carboxylic acids is 2. The molecular weight excluding hydrogens is 444 g/mol. The van der Waals surface area contributed by atoms with Crippen LogP contribution in [-0.4, -0.2) is 48.3 Å². The molecule has 0 radical (unpaired) electrons. The van der Waals surface area contributed by atoms with Crippen molar-refractivity contribution in [3.63, 3.8) is 0 Å². The summed E-state index contributed by atoms with van der Waals surface area (Å²) in [7, 11) is 0. The standard InChI is InChI=1S/C25H23F2N3O4/c26-21-13-20(14-22(27)15-21)18-5-7-23(8-6-18)30(25(32)29-9-11-34-12-10-29)16-17-1-3-19(4-2-17)24(31)28-33/h1-8,13-15,33H,9-12,16H2,(H,28,31). The molecule has 2 N–H and O–H groups in total. The van der Waals surface area contributed by atoms with E-state index in [1.807, 2.05) is 0 Å². The molecule has 1 fully saturated rings. The zero-order valence-corrected chi connectivity index (χ0v) is 18.2. The summed E-state index contributed by atoms with van der Waals surface area (Å²) in [5, 5.41) is 8.79. The third-order valence-corrected chi connectivity index (χ3v) is 5.55. The molecule has 34 heavy (non-hydrogen) atoms. The number of rotatable bonds is 5. The van der Waals surface area contributed by atoms with Crippen molar-refractivity contribution in [1.82, 2.24) is 10.4 Å². The molecule has 3 amide bonds. The summed E-state index contributed by atoms with van der Waals surface area (Å²) >= 11 is 0. The number of ether oxygens (including phenoxy) is 1. The first kappa shape index (κ1) is 23.3. The Morgan fingerprint density at radius 3 is 2.12 bits per heavy atom. The lowest BCUT2D eigenvalue weighted by molar-refractivity contribution is 0.0548. The SMILES string of the molecule is O=C(NO)c1ccc(CN(C(=O)N2CCOCC2)c2ccc(-c3cc(F)cc(F)c3)cc2)cc1. The Kier molecular flexibility index (Phi) is 7.15. The second kappa shape index (κ2) is 10.4. The first-order chi connectivity index (χ1) is 16.4. The van der Waals surface area contributed by atoms with Crippen LogP contribution in [0.1, 0.15) is 15.9 Å². The lowest BCUT2D eigenvalue weighted by Gasteiger charge is -2.33. The Labute approximate surface area is 195 Å². The highest BCUT2D eigenvalue weighted by molar-refractivity contribution is 5.94. The van der Waals surface area contributed by atoms with Crippen molar-refractivity contribution in [2.45, 2.75) is 6.54 Å². The number of halogens is 2. The topological polar surface area (TPSA) is 82.1 Å². The van der Waals surface area contributed by atoms with E-state index in [4.69, 9.17) is 9.94 Å². The van der Waals surface area contributed by atoms with Crippen LogP contribution in [0.15, 0.2) is 66.7 Å². The fraction of sp³-hybridized carbons (Fsp3) is 0.200.